The molecule has 0 saturated carbocycles. The van der Waals surface area contributed by atoms with Crippen LogP contribution in [0, 0.1) is 11.3 Å². The zero-order valence-electron chi connectivity index (χ0n) is 7.80. The fourth-order valence-electron chi connectivity index (χ4n) is 1.10. The summed E-state index contributed by atoms with van der Waals surface area (Å²) in [5.74, 6) is 0.238. The second-order valence-electron chi connectivity index (χ2n) is 2.65. The van der Waals surface area contributed by atoms with Crippen LogP contribution in [0.2, 0.25) is 0 Å². The van der Waals surface area contributed by atoms with Crippen molar-refractivity contribution in [3.63, 3.8) is 0 Å². The zero-order valence-corrected chi connectivity index (χ0v) is 9.38. The third-order valence-corrected chi connectivity index (χ3v) is 2.52. The molecule has 1 aromatic heterocycles. The first-order valence-electron chi connectivity index (χ1n) is 3.98. The molecule has 0 aromatic carbocycles. The van der Waals surface area contributed by atoms with Crippen molar-refractivity contribution in [2.75, 3.05) is 7.11 Å². The summed E-state index contributed by atoms with van der Waals surface area (Å²) in [4.78, 5) is 3.58. The zero-order chi connectivity index (χ0) is 11.4. The van der Waals surface area contributed by atoms with Crippen molar-refractivity contribution < 1.29 is 13.5 Å². The van der Waals surface area contributed by atoms with Crippen molar-refractivity contribution in [1.29, 1.82) is 5.26 Å². The molecule has 0 amide bonds. The molecule has 1 heterocycles. The number of nitrogens with zero attached hydrogens (tertiary/aromatic N) is 2. The monoisotopic (exact) mass is 276 g/mol. The Morgan fingerprint density at radius 2 is 2.33 bits per heavy atom. The quantitative estimate of drug-likeness (QED) is 0.853. The number of methoxy groups -OCH3 is 1. The van der Waals surface area contributed by atoms with E-state index in [1.54, 1.807) is 0 Å². The minimum Gasteiger partial charge on any atom is -0.495 e. The maximum Gasteiger partial charge on any atom is 0.281 e. The Morgan fingerprint density at radius 1 is 1.67 bits per heavy atom. The summed E-state index contributed by atoms with van der Waals surface area (Å²) < 4.78 is 29.9. The topological polar surface area (TPSA) is 45.9 Å². The molecule has 0 saturated heterocycles. The van der Waals surface area contributed by atoms with Gasteiger partial charge in [-0.2, -0.15) is 5.26 Å². The summed E-state index contributed by atoms with van der Waals surface area (Å²) in [6, 6.07) is 1.91. The van der Waals surface area contributed by atoms with Gasteiger partial charge in [0.2, 0.25) is 0 Å². The molecule has 0 fully saturated rings. The fourth-order valence-corrected chi connectivity index (χ4v) is 1.80. The second kappa shape index (κ2) is 5.03. The van der Waals surface area contributed by atoms with Crippen LogP contribution in [0.3, 0.4) is 0 Å². The van der Waals surface area contributed by atoms with Crippen molar-refractivity contribution in [3.8, 4) is 11.8 Å². The van der Waals surface area contributed by atoms with Gasteiger partial charge in [-0.3, -0.25) is 4.98 Å². The predicted octanol–water partition coefficient (Wildman–Crippen LogP) is 2.86. The van der Waals surface area contributed by atoms with Crippen LogP contribution in [0.4, 0.5) is 8.78 Å². The summed E-state index contributed by atoms with van der Waals surface area (Å²) in [5, 5.41) is 8.51. The first-order chi connectivity index (χ1) is 7.11. The highest BCUT2D eigenvalue weighted by Gasteiger charge is 2.19. The molecule has 3 nitrogen and oxygen atoms in total. The van der Waals surface area contributed by atoms with Gasteiger partial charge in [-0.25, -0.2) is 8.78 Å². The maximum absolute atomic E-state index is 12.4. The molecule has 0 radical (unpaired) electrons. The van der Waals surface area contributed by atoms with Gasteiger partial charge in [-0.15, -0.1) is 0 Å². The SMILES string of the molecule is COc1c(CC#N)cnc(C(F)F)c1Br. The van der Waals surface area contributed by atoms with Crippen LogP contribution >= 0.6 is 15.9 Å². The van der Waals surface area contributed by atoms with Gasteiger partial charge in [-0.05, 0) is 15.9 Å². The lowest BCUT2D eigenvalue weighted by Crippen LogP contribution is -1.99. The molecular formula is C9H7BrF2N2O. The van der Waals surface area contributed by atoms with Gasteiger partial charge >= 0.3 is 0 Å². The fraction of sp³-hybridized carbons (Fsp3) is 0.333. The van der Waals surface area contributed by atoms with Gasteiger partial charge in [0.15, 0.2) is 0 Å². The van der Waals surface area contributed by atoms with Gasteiger partial charge in [-0.1, -0.05) is 0 Å². The average Bonchev–Trinajstić information content (AvgIpc) is 2.18. The third kappa shape index (κ3) is 2.42. The maximum atomic E-state index is 12.4. The van der Waals surface area contributed by atoms with Gasteiger partial charge in [0.25, 0.3) is 6.43 Å². The second-order valence-corrected chi connectivity index (χ2v) is 3.44. The molecule has 1 rings (SSSR count). The van der Waals surface area contributed by atoms with Gasteiger partial charge in [0, 0.05) is 11.8 Å². The van der Waals surface area contributed by atoms with E-state index in [4.69, 9.17) is 10.00 Å². The lowest BCUT2D eigenvalue weighted by atomic mass is 10.2. The number of nitriles is 1. The summed E-state index contributed by atoms with van der Waals surface area (Å²) in [5.41, 5.74) is 0.102. The standard InChI is InChI=1S/C9H7BrF2N2O/c1-15-8-5(2-3-13)4-14-7(6(8)10)9(11)12/h4,9H,2H2,1H3. The first kappa shape index (κ1) is 11.9. The molecule has 0 aliphatic carbocycles. The van der Waals surface area contributed by atoms with Crippen LogP contribution in [-0.4, -0.2) is 12.1 Å². The van der Waals surface area contributed by atoms with E-state index >= 15 is 0 Å². The van der Waals surface area contributed by atoms with E-state index in [-0.39, 0.29) is 22.3 Å². The normalized spacial score (nSPS) is 10.1. The Bertz CT molecular complexity index is 404. The largest absolute Gasteiger partial charge is 0.495 e. The molecule has 0 spiro atoms. The highest BCUT2D eigenvalue weighted by atomic mass is 79.9. The van der Waals surface area contributed by atoms with E-state index in [1.165, 1.54) is 13.3 Å². The summed E-state index contributed by atoms with van der Waals surface area (Å²) in [7, 11) is 1.36. The van der Waals surface area contributed by atoms with Crippen molar-refractivity contribution >= 4 is 15.9 Å². The number of halogens is 3. The Morgan fingerprint density at radius 3 is 2.80 bits per heavy atom. The summed E-state index contributed by atoms with van der Waals surface area (Å²) in [6.45, 7) is 0. The number of alkyl halides is 2. The lowest BCUT2D eigenvalue weighted by Gasteiger charge is -2.10. The number of ether oxygens (including phenoxy) is 1. The molecule has 0 atom stereocenters. The molecule has 1 aromatic rings. The average molecular weight is 277 g/mol. The molecule has 80 valence electrons. The van der Waals surface area contributed by atoms with Crippen LogP contribution < -0.4 is 4.74 Å². The van der Waals surface area contributed by atoms with E-state index < -0.39 is 6.43 Å². The summed E-state index contributed by atoms with van der Waals surface area (Å²) >= 11 is 2.99. The number of rotatable bonds is 3. The van der Waals surface area contributed by atoms with E-state index in [0.29, 0.717) is 5.56 Å². The Labute approximate surface area is 93.8 Å². The van der Waals surface area contributed by atoms with E-state index in [9.17, 15) is 8.78 Å². The minimum absolute atomic E-state index is 0.0677. The van der Waals surface area contributed by atoms with E-state index in [1.807, 2.05) is 6.07 Å². The molecule has 0 N–H and O–H groups in total. The molecule has 15 heavy (non-hydrogen) atoms. The van der Waals surface area contributed by atoms with Crippen molar-refractivity contribution in [2.45, 2.75) is 12.8 Å². The minimum atomic E-state index is -2.68. The van der Waals surface area contributed by atoms with E-state index in [0.717, 1.165) is 0 Å². The van der Waals surface area contributed by atoms with Crippen LogP contribution in [0.5, 0.6) is 5.75 Å². The van der Waals surface area contributed by atoms with Gasteiger partial charge in [0.05, 0.1) is 24.1 Å². The van der Waals surface area contributed by atoms with Crippen molar-refractivity contribution in [3.05, 3.63) is 21.9 Å². The van der Waals surface area contributed by atoms with Crippen LogP contribution in [0.15, 0.2) is 10.7 Å². The van der Waals surface area contributed by atoms with Crippen LogP contribution in [0.25, 0.3) is 0 Å². The third-order valence-electron chi connectivity index (χ3n) is 1.76. The van der Waals surface area contributed by atoms with Crippen molar-refractivity contribution in [2.24, 2.45) is 0 Å². The van der Waals surface area contributed by atoms with Crippen LogP contribution in [0.1, 0.15) is 17.7 Å². The Balaban J connectivity index is 3.27. The Hall–Kier alpha value is -1.22. The van der Waals surface area contributed by atoms with Gasteiger partial charge < -0.3 is 4.74 Å². The number of hydrogen-bond donors (Lipinski definition) is 0. The predicted molar refractivity (Wildman–Crippen MR) is 52.8 cm³/mol. The number of aromatic nitrogens is 1. The lowest BCUT2D eigenvalue weighted by molar-refractivity contribution is 0.144. The van der Waals surface area contributed by atoms with Crippen molar-refractivity contribution in [1.82, 2.24) is 4.98 Å². The molecule has 6 heteroatoms. The van der Waals surface area contributed by atoms with Gasteiger partial charge in [0.1, 0.15) is 11.4 Å². The highest BCUT2D eigenvalue weighted by molar-refractivity contribution is 9.10. The molecule has 0 aliphatic heterocycles. The molecule has 0 unspecified atom stereocenters. The van der Waals surface area contributed by atoms with Crippen LogP contribution in [-0.2, 0) is 6.42 Å². The Kier molecular flexibility index (Phi) is 3.97. The molecular weight excluding hydrogens is 270 g/mol. The molecule has 0 bridgehead atoms. The number of hydrogen-bond acceptors (Lipinski definition) is 3. The number of pyridine rings is 1. The summed E-state index contributed by atoms with van der Waals surface area (Å²) in [6.07, 6.45) is -1.38. The highest BCUT2D eigenvalue weighted by Crippen LogP contribution is 2.35. The molecule has 0 aliphatic rings. The first-order valence-corrected chi connectivity index (χ1v) is 4.77. The smallest absolute Gasteiger partial charge is 0.281 e. The van der Waals surface area contributed by atoms with E-state index in [2.05, 4.69) is 20.9 Å².